The summed E-state index contributed by atoms with van der Waals surface area (Å²) >= 11 is 0. The van der Waals surface area contributed by atoms with Gasteiger partial charge in [0, 0.05) is 39.3 Å². The van der Waals surface area contributed by atoms with Gasteiger partial charge in [0.25, 0.3) is 0 Å². The fourth-order valence-electron chi connectivity index (χ4n) is 6.84. The van der Waals surface area contributed by atoms with E-state index < -0.39 is 35.3 Å². The number of nitrogens with zero attached hydrogens (tertiary/aromatic N) is 3. The number of alkyl carbamates (subject to hydrolysis) is 3. The molecule has 4 aromatic rings. The Bertz CT molecular complexity index is 2000. The highest BCUT2D eigenvalue weighted by atomic mass is 16.6. The molecule has 15 nitrogen and oxygen atoms in total. The number of unbranched alkanes of at least 4 members (excludes halogenated alkanes) is 9. The molecule has 0 fully saturated rings. The SMILES string of the molecule is O=C(NCCCCCCn1c(=O)n(CCCCCCNC(=O)OCC=Cc2ccccc2)c(=O)n(CCCCCCNC(=O)OCC=Cc2ccccc2)c1=O)OCC=Cc1ccccc1. The maximum atomic E-state index is 13.6. The van der Waals surface area contributed by atoms with Crippen molar-refractivity contribution in [3.05, 3.63) is 157 Å². The summed E-state index contributed by atoms with van der Waals surface area (Å²) in [5.41, 5.74) is 1.20. The summed E-state index contributed by atoms with van der Waals surface area (Å²) < 4.78 is 19.1. The largest absolute Gasteiger partial charge is 0.445 e. The Labute approximate surface area is 387 Å². The molecule has 3 aromatic carbocycles. The van der Waals surface area contributed by atoms with Crippen molar-refractivity contribution in [2.24, 2.45) is 0 Å². The molecule has 0 aliphatic heterocycles. The van der Waals surface area contributed by atoms with Crippen LogP contribution in [0.25, 0.3) is 18.2 Å². The number of nitrogens with one attached hydrogen (secondary N) is 3. The van der Waals surface area contributed by atoms with Crippen molar-refractivity contribution in [1.29, 1.82) is 0 Å². The second-order valence-corrected chi connectivity index (χ2v) is 15.6. The predicted molar refractivity (Wildman–Crippen MR) is 259 cm³/mol. The van der Waals surface area contributed by atoms with E-state index in [-0.39, 0.29) is 39.5 Å². The van der Waals surface area contributed by atoms with Gasteiger partial charge in [0.1, 0.15) is 19.8 Å². The van der Waals surface area contributed by atoms with Crippen molar-refractivity contribution in [1.82, 2.24) is 29.7 Å². The van der Waals surface area contributed by atoms with Gasteiger partial charge >= 0.3 is 35.3 Å². The van der Waals surface area contributed by atoms with Crippen LogP contribution in [0.15, 0.2) is 124 Å². The van der Waals surface area contributed by atoms with Crippen LogP contribution in [0.1, 0.15) is 93.7 Å². The van der Waals surface area contributed by atoms with E-state index in [1.54, 1.807) is 18.2 Å². The van der Waals surface area contributed by atoms with Gasteiger partial charge in [-0.05, 0) is 73.4 Å². The van der Waals surface area contributed by atoms with E-state index in [1.165, 1.54) is 0 Å². The number of ether oxygens (including phenoxy) is 3. The molecule has 0 radical (unpaired) electrons. The van der Waals surface area contributed by atoms with E-state index in [4.69, 9.17) is 14.2 Å². The van der Waals surface area contributed by atoms with Gasteiger partial charge < -0.3 is 30.2 Å². The van der Waals surface area contributed by atoms with Gasteiger partial charge in [-0.15, -0.1) is 0 Å². The number of benzene rings is 3. The first-order chi connectivity index (χ1) is 32.3. The second kappa shape index (κ2) is 31.9. The fourth-order valence-corrected chi connectivity index (χ4v) is 6.84. The molecule has 0 bridgehead atoms. The molecule has 1 aromatic heterocycles. The lowest BCUT2D eigenvalue weighted by Crippen LogP contribution is -2.54. The molecule has 4 rings (SSSR count). The van der Waals surface area contributed by atoms with Crippen molar-refractivity contribution >= 4 is 36.5 Å². The lowest BCUT2D eigenvalue weighted by molar-refractivity contribution is 0.157. The van der Waals surface area contributed by atoms with E-state index in [2.05, 4.69) is 16.0 Å². The number of hydrogen-bond acceptors (Lipinski definition) is 9. The van der Waals surface area contributed by atoms with Gasteiger partial charge in [0.15, 0.2) is 0 Å². The highest BCUT2D eigenvalue weighted by Gasteiger charge is 2.15. The lowest BCUT2D eigenvalue weighted by Gasteiger charge is -2.14. The average molecular weight is 907 g/mol. The minimum absolute atomic E-state index is 0.156. The van der Waals surface area contributed by atoms with Crippen LogP contribution in [-0.4, -0.2) is 71.4 Å². The zero-order valence-corrected chi connectivity index (χ0v) is 38.0. The standard InChI is InChI=1S/C51H66N6O9/c58-46(64-40-22-31-43-25-10-7-11-26-43)52-34-16-1-4-19-37-55-49(61)56(38-20-5-2-17-35-53-47(59)65-41-23-32-44-27-12-8-13-28-44)51(63)57(50(55)62)39-21-6-3-18-36-54-48(60)66-42-24-33-45-29-14-9-15-30-45/h7-15,22-33H,1-6,16-21,34-42H2,(H,52,58)(H,53,59)(H,54,60). The summed E-state index contributed by atoms with van der Waals surface area (Å²) in [6, 6.07) is 29.2. The number of amides is 3. The number of hydrogen-bond donors (Lipinski definition) is 3. The first kappa shape index (κ1) is 51.7. The average Bonchev–Trinajstić information content (AvgIpc) is 3.33. The molecule has 15 heteroatoms. The Hall–Kier alpha value is -6.90. The maximum absolute atomic E-state index is 13.6. The van der Waals surface area contributed by atoms with E-state index in [9.17, 15) is 28.8 Å². The molecular formula is C51H66N6O9. The molecule has 3 N–H and O–H groups in total. The van der Waals surface area contributed by atoms with Crippen molar-refractivity contribution in [2.45, 2.75) is 96.7 Å². The summed E-state index contributed by atoms with van der Waals surface area (Å²) in [6.45, 7) is 2.24. The third-order valence-electron chi connectivity index (χ3n) is 10.4. The monoisotopic (exact) mass is 906 g/mol. The van der Waals surface area contributed by atoms with Gasteiger partial charge in [0.2, 0.25) is 0 Å². The molecule has 354 valence electrons. The Morgan fingerprint density at radius 2 is 0.636 bits per heavy atom. The Morgan fingerprint density at radius 1 is 0.379 bits per heavy atom. The molecule has 0 aliphatic rings. The number of carbonyl (C=O) groups excluding carboxylic acids is 3. The molecule has 0 unspecified atom stereocenters. The third kappa shape index (κ3) is 21.2. The van der Waals surface area contributed by atoms with Crippen LogP contribution in [0.4, 0.5) is 14.4 Å². The van der Waals surface area contributed by atoms with Crippen LogP contribution in [0.5, 0.6) is 0 Å². The molecule has 0 saturated heterocycles. The van der Waals surface area contributed by atoms with Crippen LogP contribution in [-0.2, 0) is 33.8 Å². The maximum Gasteiger partial charge on any atom is 0.407 e. The smallest absolute Gasteiger partial charge is 0.407 e. The predicted octanol–water partition coefficient (Wildman–Crippen LogP) is 8.17. The Balaban J connectivity index is 1.19. The highest BCUT2D eigenvalue weighted by Crippen LogP contribution is 2.06. The first-order valence-corrected chi connectivity index (χ1v) is 23.1. The fraction of sp³-hybridized carbons (Fsp3) is 0.412. The Morgan fingerprint density at radius 3 is 0.909 bits per heavy atom. The van der Waals surface area contributed by atoms with Crippen LogP contribution in [0.2, 0.25) is 0 Å². The summed E-state index contributed by atoms with van der Waals surface area (Å²) in [6.07, 6.45) is 17.6. The number of rotatable bonds is 30. The van der Waals surface area contributed by atoms with E-state index in [1.807, 2.05) is 109 Å². The van der Waals surface area contributed by atoms with Crippen LogP contribution in [0, 0.1) is 0 Å². The van der Waals surface area contributed by atoms with E-state index >= 15 is 0 Å². The van der Waals surface area contributed by atoms with Crippen molar-refractivity contribution in [2.75, 3.05) is 39.5 Å². The molecule has 0 aliphatic carbocycles. The third-order valence-corrected chi connectivity index (χ3v) is 10.4. The van der Waals surface area contributed by atoms with Crippen LogP contribution in [0.3, 0.4) is 0 Å². The highest BCUT2D eigenvalue weighted by molar-refractivity contribution is 5.68. The van der Waals surface area contributed by atoms with Crippen LogP contribution >= 0.6 is 0 Å². The number of aromatic nitrogens is 3. The molecular weight excluding hydrogens is 841 g/mol. The normalized spacial score (nSPS) is 11.3. The Kier molecular flexibility index (Phi) is 25.0. The molecule has 0 atom stereocenters. The van der Waals surface area contributed by atoms with Crippen molar-refractivity contribution < 1.29 is 28.6 Å². The van der Waals surface area contributed by atoms with E-state index in [0.29, 0.717) is 77.4 Å². The quantitative estimate of drug-likeness (QED) is 0.0344. The lowest BCUT2D eigenvalue weighted by atomic mass is 10.2. The van der Waals surface area contributed by atoms with Gasteiger partial charge in [-0.1, -0.05) is 148 Å². The summed E-state index contributed by atoms with van der Waals surface area (Å²) in [5, 5.41) is 8.23. The zero-order chi connectivity index (χ0) is 46.9. The van der Waals surface area contributed by atoms with Gasteiger partial charge in [-0.25, -0.2) is 42.5 Å². The molecule has 1 heterocycles. The van der Waals surface area contributed by atoms with Crippen molar-refractivity contribution in [3.63, 3.8) is 0 Å². The molecule has 3 amide bonds. The van der Waals surface area contributed by atoms with Crippen LogP contribution < -0.4 is 33.0 Å². The minimum Gasteiger partial charge on any atom is -0.445 e. The molecule has 0 saturated carbocycles. The van der Waals surface area contributed by atoms with Gasteiger partial charge in [0.05, 0.1) is 0 Å². The summed E-state index contributed by atoms with van der Waals surface area (Å²) in [7, 11) is 0. The molecule has 66 heavy (non-hydrogen) atoms. The summed E-state index contributed by atoms with van der Waals surface area (Å²) in [5.74, 6) is 0. The van der Waals surface area contributed by atoms with Gasteiger partial charge in [-0.2, -0.15) is 0 Å². The van der Waals surface area contributed by atoms with E-state index in [0.717, 1.165) is 49.7 Å². The first-order valence-electron chi connectivity index (χ1n) is 23.1. The minimum atomic E-state index is -0.619. The van der Waals surface area contributed by atoms with Gasteiger partial charge in [-0.3, -0.25) is 0 Å². The topological polar surface area (TPSA) is 181 Å². The zero-order valence-electron chi connectivity index (χ0n) is 38.0. The second-order valence-electron chi connectivity index (χ2n) is 15.6. The van der Waals surface area contributed by atoms with Crippen molar-refractivity contribution in [3.8, 4) is 0 Å². The molecule has 0 spiro atoms. The summed E-state index contributed by atoms with van der Waals surface area (Å²) in [4.78, 5) is 77.0. The number of carbonyl (C=O) groups is 3.